The third kappa shape index (κ3) is 4.04. The lowest BCUT2D eigenvalue weighted by Gasteiger charge is -2.03. The molecule has 0 aliphatic heterocycles. The van der Waals surface area contributed by atoms with Gasteiger partial charge in [-0.3, -0.25) is 4.79 Å². The van der Waals surface area contributed by atoms with Crippen LogP contribution in [0, 0.1) is 0 Å². The van der Waals surface area contributed by atoms with Crippen molar-refractivity contribution in [2.75, 3.05) is 7.05 Å². The van der Waals surface area contributed by atoms with Crippen LogP contribution in [-0.4, -0.2) is 21.4 Å². The minimum absolute atomic E-state index is 0.113. The molecule has 2 N–H and O–H groups in total. The van der Waals surface area contributed by atoms with E-state index < -0.39 is 10.0 Å². The van der Waals surface area contributed by atoms with Crippen LogP contribution in [-0.2, 0) is 16.6 Å². The van der Waals surface area contributed by atoms with Crippen molar-refractivity contribution in [2.24, 2.45) is 0 Å². The molecule has 21 heavy (non-hydrogen) atoms. The highest BCUT2D eigenvalue weighted by molar-refractivity contribution is 7.91. The molecule has 0 aliphatic rings. The van der Waals surface area contributed by atoms with E-state index in [4.69, 9.17) is 11.6 Å². The lowest BCUT2D eigenvalue weighted by Crippen LogP contribution is -2.21. The Hall–Kier alpha value is -1.41. The number of rotatable bonds is 5. The number of hydrogen-bond donors (Lipinski definition) is 2. The zero-order valence-corrected chi connectivity index (χ0v) is 13.5. The highest BCUT2D eigenvalue weighted by atomic mass is 35.5. The fourth-order valence-electron chi connectivity index (χ4n) is 1.56. The molecule has 1 aromatic heterocycles. The molecule has 0 bridgehead atoms. The van der Waals surface area contributed by atoms with E-state index in [2.05, 4.69) is 10.0 Å². The van der Waals surface area contributed by atoms with Gasteiger partial charge in [-0.1, -0.05) is 23.7 Å². The molecular weight excluding hydrogens is 332 g/mol. The minimum atomic E-state index is -3.51. The summed E-state index contributed by atoms with van der Waals surface area (Å²) in [5.41, 5.74) is 0.910. The SMILES string of the molecule is CNS(=O)(=O)c1ccc(C(=O)NCc2ccc(Cl)cc2)s1. The van der Waals surface area contributed by atoms with Crippen molar-refractivity contribution in [3.63, 3.8) is 0 Å². The molecule has 0 unspecified atom stereocenters. The molecule has 1 aromatic carbocycles. The Labute approximate surface area is 132 Å². The second-order valence-corrected chi connectivity index (χ2v) is 7.77. The summed E-state index contributed by atoms with van der Waals surface area (Å²) in [6.45, 7) is 0.349. The van der Waals surface area contributed by atoms with Crippen LogP contribution >= 0.6 is 22.9 Å². The molecule has 8 heteroatoms. The molecule has 0 saturated carbocycles. The summed E-state index contributed by atoms with van der Waals surface area (Å²) in [6, 6.07) is 10.0. The minimum Gasteiger partial charge on any atom is -0.347 e. The third-order valence-electron chi connectivity index (χ3n) is 2.71. The van der Waals surface area contributed by atoms with Crippen LogP contribution in [0.1, 0.15) is 15.2 Å². The monoisotopic (exact) mass is 344 g/mol. The fourth-order valence-corrected chi connectivity index (χ4v) is 3.75. The van der Waals surface area contributed by atoms with Gasteiger partial charge in [-0.2, -0.15) is 0 Å². The van der Waals surface area contributed by atoms with Gasteiger partial charge in [-0.15, -0.1) is 11.3 Å². The van der Waals surface area contributed by atoms with Crippen molar-refractivity contribution in [3.05, 3.63) is 51.9 Å². The van der Waals surface area contributed by atoms with Gasteiger partial charge in [0, 0.05) is 11.6 Å². The van der Waals surface area contributed by atoms with E-state index in [-0.39, 0.29) is 10.1 Å². The molecule has 1 heterocycles. The molecule has 0 fully saturated rings. The summed E-state index contributed by atoms with van der Waals surface area (Å²) in [7, 11) is -2.18. The Morgan fingerprint density at radius 1 is 1.19 bits per heavy atom. The Morgan fingerprint density at radius 3 is 2.48 bits per heavy atom. The van der Waals surface area contributed by atoms with Crippen LogP contribution in [0.2, 0.25) is 5.02 Å². The summed E-state index contributed by atoms with van der Waals surface area (Å²) in [5.74, 6) is -0.312. The number of carbonyl (C=O) groups excluding carboxylic acids is 1. The van der Waals surface area contributed by atoms with E-state index in [1.54, 1.807) is 12.1 Å². The van der Waals surface area contributed by atoms with Crippen LogP contribution in [0.5, 0.6) is 0 Å². The zero-order valence-electron chi connectivity index (χ0n) is 11.1. The van der Waals surface area contributed by atoms with Gasteiger partial charge in [0.2, 0.25) is 10.0 Å². The summed E-state index contributed by atoms with van der Waals surface area (Å²) in [4.78, 5) is 12.3. The Kier molecular flexibility index (Phi) is 5.00. The Morgan fingerprint density at radius 2 is 1.86 bits per heavy atom. The molecule has 1 amide bonds. The first-order valence-corrected chi connectivity index (χ1v) is 8.66. The van der Waals surface area contributed by atoms with Crippen LogP contribution in [0.3, 0.4) is 0 Å². The van der Waals surface area contributed by atoms with Crippen molar-refractivity contribution in [1.29, 1.82) is 0 Å². The molecule has 0 spiro atoms. The van der Waals surface area contributed by atoms with E-state index in [0.717, 1.165) is 16.9 Å². The van der Waals surface area contributed by atoms with E-state index in [9.17, 15) is 13.2 Å². The van der Waals surface area contributed by atoms with Crippen molar-refractivity contribution in [3.8, 4) is 0 Å². The van der Waals surface area contributed by atoms with Crippen LogP contribution < -0.4 is 10.0 Å². The number of hydrogen-bond acceptors (Lipinski definition) is 4. The topological polar surface area (TPSA) is 75.3 Å². The lowest BCUT2D eigenvalue weighted by atomic mass is 10.2. The molecular formula is C13H13ClN2O3S2. The molecule has 112 valence electrons. The fraction of sp³-hybridized carbons (Fsp3) is 0.154. The van der Waals surface area contributed by atoms with E-state index in [1.807, 2.05) is 12.1 Å². The molecule has 2 rings (SSSR count). The standard InChI is InChI=1S/C13H13ClN2O3S2/c1-15-21(18,19)12-7-6-11(20-12)13(17)16-8-9-2-4-10(14)5-3-9/h2-7,15H,8H2,1H3,(H,16,17). The highest BCUT2D eigenvalue weighted by Gasteiger charge is 2.17. The molecule has 0 aliphatic carbocycles. The first-order chi connectivity index (χ1) is 9.92. The predicted molar refractivity (Wildman–Crippen MR) is 83.2 cm³/mol. The average molecular weight is 345 g/mol. The maximum absolute atomic E-state index is 12.0. The van der Waals surface area contributed by atoms with Crippen LogP contribution in [0.4, 0.5) is 0 Å². The number of amides is 1. The molecule has 2 aromatic rings. The predicted octanol–water partition coefficient (Wildman–Crippen LogP) is 2.24. The first kappa shape index (κ1) is 16.0. The number of nitrogens with one attached hydrogen (secondary N) is 2. The highest BCUT2D eigenvalue weighted by Crippen LogP contribution is 2.21. The largest absolute Gasteiger partial charge is 0.347 e. The Balaban J connectivity index is 2.02. The molecule has 5 nitrogen and oxygen atoms in total. The van der Waals surface area contributed by atoms with Gasteiger partial charge in [-0.25, -0.2) is 13.1 Å². The summed E-state index contributed by atoms with van der Waals surface area (Å²) >= 11 is 6.71. The number of carbonyl (C=O) groups is 1. The van der Waals surface area contributed by atoms with Gasteiger partial charge in [-0.05, 0) is 36.9 Å². The smallest absolute Gasteiger partial charge is 0.261 e. The van der Waals surface area contributed by atoms with E-state index in [1.165, 1.54) is 19.2 Å². The van der Waals surface area contributed by atoms with Gasteiger partial charge < -0.3 is 5.32 Å². The third-order valence-corrected chi connectivity index (χ3v) is 5.95. The zero-order chi connectivity index (χ0) is 15.5. The molecule has 0 saturated heterocycles. The van der Waals surface area contributed by atoms with E-state index in [0.29, 0.717) is 16.4 Å². The van der Waals surface area contributed by atoms with Gasteiger partial charge in [0.25, 0.3) is 5.91 Å². The maximum atomic E-state index is 12.0. The first-order valence-electron chi connectivity index (χ1n) is 5.98. The quantitative estimate of drug-likeness (QED) is 0.873. The van der Waals surface area contributed by atoms with Crippen LogP contribution in [0.15, 0.2) is 40.6 Å². The van der Waals surface area contributed by atoms with Crippen molar-refractivity contribution in [2.45, 2.75) is 10.8 Å². The van der Waals surface area contributed by atoms with Crippen molar-refractivity contribution in [1.82, 2.24) is 10.0 Å². The normalized spacial score (nSPS) is 11.3. The lowest BCUT2D eigenvalue weighted by molar-refractivity contribution is 0.0955. The maximum Gasteiger partial charge on any atom is 0.261 e. The summed E-state index contributed by atoms with van der Waals surface area (Å²) in [6.07, 6.45) is 0. The van der Waals surface area contributed by atoms with Gasteiger partial charge in [0.1, 0.15) is 4.21 Å². The van der Waals surface area contributed by atoms with Crippen molar-refractivity contribution >= 4 is 38.9 Å². The Bertz CT molecular complexity index is 739. The van der Waals surface area contributed by atoms with E-state index >= 15 is 0 Å². The average Bonchev–Trinajstić information content (AvgIpc) is 2.97. The summed E-state index contributed by atoms with van der Waals surface area (Å²) in [5, 5.41) is 3.36. The van der Waals surface area contributed by atoms with Crippen LogP contribution in [0.25, 0.3) is 0 Å². The molecule has 0 radical (unpaired) electrons. The van der Waals surface area contributed by atoms with Gasteiger partial charge >= 0.3 is 0 Å². The summed E-state index contributed by atoms with van der Waals surface area (Å²) < 4.78 is 25.5. The van der Waals surface area contributed by atoms with Gasteiger partial charge in [0.05, 0.1) is 4.88 Å². The second kappa shape index (κ2) is 6.57. The number of thiophene rings is 1. The number of sulfonamides is 1. The second-order valence-electron chi connectivity index (χ2n) is 4.14. The number of halogens is 1. The molecule has 0 atom stereocenters. The number of benzene rings is 1. The van der Waals surface area contributed by atoms with Gasteiger partial charge in [0.15, 0.2) is 0 Å². The van der Waals surface area contributed by atoms with Crippen molar-refractivity contribution < 1.29 is 13.2 Å².